The molecule has 4 nitrogen and oxygen atoms in total. The van der Waals surface area contributed by atoms with Crippen LogP contribution in [-0.4, -0.2) is 30.8 Å². The number of rotatable bonds is 7. The summed E-state index contributed by atoms with van der Waals surface area (Å²) in [4.78, 5) is 11.2. The molecule has 19 heavy (non-hydrogen) atoms. The van der Waals surface area contributed by atoms with Gasteiger partial charge in [0, 0.05) is 13.1 Å². The van der Waals surface area contributed by atoms with E-state index in [9.17, 15) is 14.3 Å². The number of benzene rings is 1. The second-order valence-corrected chi connectivity index (χ2v) is 4.38. The molecule has 0 aromatic heterocycles. The van der Waals surface area contributed by atoms with Crippen LogP contribution >= 0.6 is 0 Å². The van der Waals surface area contributed by atoms with E-state index in [-0.39, 0.29) is 11.7 Å². The molecule has 1 rings (SSSR count). The van der Waals surface area contributed by atoms with Gasteiger partial charge >= 0.3 is 5.97 Å². The smallest absolute Gasteiger partial charge is 0.340 e. The number of esters is 1. The number of nitrogens with one attached hydrogen (secondary N) is 1. The summed E-state index contributed by atoms with van der Waals surface area (Å²) < 4.78 is 18.1. The van der Waals surface area contributed by atoms with Gasteiger partial charge in [0.05, 0.1) is 18.8 Å². The average molecular weight is 269 g/mol. The quantitative estimate of drug-likeness (QED) is 0.742. The van der Waals surface area contributed by atoms with Crippen molar-refractivity contribution in [1.82, 2.24) is 5.32 Å². The Morgan fingerprint density at radius 3 is 2.84 bits per heavy atom. The van der Waals surface area contributed by atoms with Crippen LogP contribution in [-0.2, 0) is 11.3 Å². The molecule has 0 saturated carbocycles. The van der Waals surface area contributed by atoms with E-state index >= 15 is 0 Å². The summed E-state index contributed by atoms with van der Waals surface area (Å²) in [6, 6.07) is 4.36. The summed E-state index contributed by atoms with van der Waals surface area (Å²) in [6.07, 6.45) is 1.28. The zero-order valence-corrected chi connectivity index (χ0v) is 11.3. The van der Waals surface area contributed by atoms with Crippen LogP contribution in [0, 0.1) is 5.82 Å². The molecule has 1 atom stereocenters. The molecule has 1 aromatic carbocycles. The van der Waals surface area contributed by atoms with Crippen LogP contribution < -0.4 is 5.32 Å². The molecule has 0 saturated heterocycles. The van der Waals surface area contributed by atoms with E-state index in [1.165, 1.54) is 19.2 Å². The first-order chi connectivity index (χ1) is 9.08. The van der Waals surface area contributed by atoms with E-state index in [2.05, 4.69) is 10.1 Å². The van der Waals surface area contributed by atoms with Gasteiger partial charge in [-0.3, -0.25) is 0 Å². The van der Waals surface area contributed by atoms with Gasteiger partial charge in [0.15, 0.2) is 0 Å². The molecule has 0 bridgehead atoms. The normalized spacial score (nSPS) is 12.2. The van der Waals surface area contributed by atoms with Gasteiger partial charge < -0.3 is 15.2 Å². The van der Waals surface area contributed by atoms with Gasteiger partial charge in [-0.2, -0.15) is 0 Å². The molecule has 2 N–H and O–H groups in total. The maximum absolute atomic E-state index is 13.6. The van der Waals surface area contributed by atoms with Gasteiger partial charge in [0.2, 0.25) is 0 Å². The van der Waals surface area contributed by atoms with Crippen molar-refractivity contribution in [3.8, 4) is 0 Å². The van der Waals surface area contributed by atoms with Gasteiger partial charge in [-0.05, 0) is 24.1 Å². The minimum absolute atomic E-state index is 0.0720. The number of carbonyl (C=O) groups excluding carboxylic acids is 1. The van der Waals surface area contributed by atoms with Crippen molar-refractivity contribution in [2.75, 3.05) is 13.7 Å². The maximum Gasteiger partial charge on any atom is 0.340 e. The van der Waals surface area contributed by atoms with E-state index < -0.39 is 11.8 Å². The van der Waals surface area contributed by atoms with Gasteiger partial charge in [-0.1, -0.05) is 19.4 Å². The second-order valence-electron chi connectivity index (χ2n) is 4.38. The largest absolute Gasteiger partial charge is 0.465 e. The Bertz CT molecular complexity index is 423. The third kappa shape index (κ3) is 4.96. The highest BCUT2D eigenvalue weighted by Crippen LogP contribution is 2.11. The standard InChI is InChI=1S/C14H20FNO3/c1-3-4-11(17)9-16-8-10-5-6-12(13(15)7-10)14(18)19-2/h5-7,11,16-17H,3-4,8-9H2,1-2H3. The summed E-state index contributed by atoms with van der Waals surface area (Å²) >= 11 is 0. The van der Waals surface area contributed by atoms with E-state index in [0.717, 1.165) is 12.8 Å². The first-order valence-corrected chi connectivity index (χ1v) is 6.34. The molecule has 0 radical (unpaired) electrons. The van der Waals surface area contributed by atoms with E-state index in [4.69, 9.17) is 0 Å². The monoisotopic (exact) mass is 269 g/mol. The number of halogens is 1. The van der Waals surface area contributed by atoms with Crippen LogP contribution in [0.1, 0.15) is 35.7 Å². The summed E-state index contributed by atoms with van der Waals surface area (Å²) in [5.41, 5.74) is 0.645. The Balaban J connectivity index is 2.52. The molecule has 1 unspecified atom stereocenters. The van der Waals surface area contributed by atoms with Crippen molar-refractivity contribution in [3.05, 3.63) is 35.1 Å². The van der Waals surface area contributed by atoms with E-state index in [1.54, 1.807) is 6.07 Å². The summed E-state index contributed by atoms with van der Waals surface area (Å²) in [5.74, 6) is -1.28. The van der Waals surface area contributed by atoms with Gasteiger partial charge in [0.1, 0.15) is 5.82 Å². The fourth-order valence-corrected chi connectivity index (χ4v) is 1.76. The number of aliphatic hydroxyl groups is 1. The van der Waals surface area contributed by atoms with E-state index in [0.29, 0.717) is 18.7 Å². The molecular formula is C14H20FNO3. The van der Waals surface area contributed by atoms with Crippen LogP contribution in [0.3, 0.4) is 0 Å². The molecule has 0 aliphatic heterocycles. The van der Waals surface area contributed by atoms with E-state index in [1.807, 2.05) is 6.92 Å². The highest BCUT2D eigenvalue weighted by atomic mass is 19.1. The van der Waals surface area contributed by atoms with Gasteiger partial charge in [-0.25, -0.2) is 9.18 Å². The van der Waals surface area contributed by atoms with Crippen molar-refractivity contribution in [2.45, 2.75) is 32.4 Å². The summed E-state index contributed by atoms with van der Waals surface area (Å²) in [6.45, 7) is 2.91. The Morgan fingerprint density at radius 1 is 1.53 bits per heavy atom. The van der Waals surface area contributed by atoms with Crippen molar-refractivity contribution < 1.29 is 19.0 Å². The van der Waals surface area contributed by atoms with Crippen LogP contribution in [0.4, 0.5) is 4.39 Å². The number of aliphatic hydroxyl groups excluding tert-OH is 1. The van der Waals surface area contributed by atoms with Crippen LogP contribution in [0.25, 0.3) is 0 Å². The third-order valence-electron chi connectivity index (χ3n) is 2.77. The lowest BCUT2D eigenvalue weighted by Gasteiger charge is -2.11. The van der Waals surface area contributed by atoms with Crippen molar-refractivity contribution in [3.63, 3.8) is 0 Å². The molecule has 106 valence electrons. The van der Waals surface area contributed by atoms with Crippen LogP contribution in [0.15, 0.2) is 18.2 Å². The lowest BCUT2D eigenvalue weighted by molar-refractivity contribution is 0.0595. The Hall–Kier alpha value is -1.46. The Morgan fingerprint density at radius 2 is 2.26 bits per heavy atom. The highest BCUT2D eigenvalue weighted by molar-refractivity contribution is 5.89. The van der Waals surface area contributed by atoms with Gasteiger partial charge in [0.25, 0.3) is 0 Å². The predicted molar refractivity (Wildman–Crippen MR) is 70.4 cm³/mol. The SMILES string of the molecule is CCCC(O)CNCc1ccc(C(=O)OC)c(F)c1. The number of hydrogen-bond acceptors (Lipinski definition) is 4. The van der Waals surface area contributed by atoms with Crippen molar-refractivity contribution in [2.24, 2.45) is 0 Å². The zero-order valence-electron chi connectivity index (χ0n) is 11.3. The van der Waals surface area contributed by atoms with Crippen LogP contribution in [0.5, 0.6) is 0 Å². The predicted octanol–water partition coefficient (Wildman–Crippen LogP) is 1.86. The molecule has 1 aromatic rings. The first kappa shape index (κ1) is 15.6. The molecule has 0 aliphatic carbocycles. The number of carbonyl (C=O) groups is 1. The number of methoxy groups -OCH3 is 1. The second kappa shape index (κ2) is 7.86. The Labute approximate surface area is 112 Å². The average Bonchev–Trinajstić information content (AvgIpc) is 2.38. The highest BCUT2D eigenvalue weighted by Gasteiger charge is 2.12. The van der Waals surface area contributed by atoms with Crippen molar-refractivity contribution in [1.29, 1.82) is 0 Å². The molecule has 5 heteroatoms. The minimum atomic E-state index is -0.685. The first-order valence-electron chi connectivity index (χ1n) is 6.34. The molecular weight excluding hydrogens is 249 g/mol. The molecule has 0 heterocycles. The minimum Gasteiger partial charge on any atom is -0.465 e. The fourth-order valence-electron chi connectivity index (χ4n) is 1.76. The lowest BCUT2D eigenvalue weighted by Crippen LogP contribution is -2.26. The van der Waals surface area contributed by atoms with Crippen molar-refractivity contribution >= 4 is 5.97 Å². The maximum atomic E-state index is 13.6. The number of ether oxygens (including phenoxy) is 1. The Kier molecular flexibility index (Phi) is 6.45. The fraction of sp³-hybridized carbons (Fsp3) is 0.500. The van der Waals surface area contributed by atoms with Gasteiger partial charge in [-0.15, -0.1) is 0 Å². The van der Waals surface area contributed by atoms with Crippen LogP contribution in [0.2, 0.25) is 0 Å². The molecule has 0 fully saturated rings. The lowest BCUT2D eigenvalue weighted by atomic mass is 10.1. The molecule has 0 amide bonds. The summed E-state index contributed by atoms with van der Waals surface area (Å²) in [7, 11) is 1.21. The third-order valence-corrected chi connectivity index (χ3v) is 2.77. The number of hydrogen-bond donors (Lipinski definition) is 2. The summed E-state index contributed by atoms with van der Waals surface area (Å²) in [5, 5.41) is 12.6. The zero-order chi connectivity index (χ0) is 14.3. The molecule has 0 aliphatic rings. The topological polar surface area (TPSA) is 58.6 Å². The molecule has 0 spiro atoms.